The van der Waals surface area contributed by atoms with Crippen molar-refractivity contribution in [2.24, 2.45) is 0 Å². The van der Waals surface area contributed by atoms with Gasteiger partial charge in [0.25, 0.3) is 0 Å². The molecule has 0 fully saturated rings. The maximum Gasteiger partial charge on any atom is 0.306 e. The van der Waals surface area contributed by atoms with E-state index in [2.05, 4.69) is 26.5 Å². The summed E-state index contributed by atoms with van der Waals surface area (Å²) in [7, 11) is 1.41. The Balaban J connectivity index is 1.96. The molecule has 0 aliphatic rings. The zero-order valence-corrected chi connectivity index (χ0v) is 13.1. The number of ether oxygens (including phenoxy) is 1. The molecular weight excluding hydrogens is 286 g/mol. The lowest BCUT2D eigenvalue weighted by atomic mass is 10.3. The fourth-order valence-corrected chi connectivity index (χ4v) is 2.70. The van der Waals surface area contributed by atoms with Crippen LogP contribution in [0.3, 0.4) is 0 Å². The van der Waals surface area contributed by atoms with E-state index < -0.39 is 0 Å². The van der Waals surface area contributed by atoms with E-state index in [1.165, 1.54) is 7.11 Å². The Bertz CT molecular complexity index is 571. The highest BCUT2D eigenvalue weighted by atomic mass is 32.1. The molecule has 0 unspecified atom stereocenters. The zero-order valence-electron chi connectivity index (χ0n) is 12.3. The van der Waals surface area contributed by atoms with Gasteiger partial charge in [0.2, 0.25) is 0 Å². The number of hydrogen-bond acceptors (Lipinski definition) is 6. The number of nitrogens with zero attached hydrogens (tertiary/aromatic N) is 3. The fraction of sp³-hybridized carbons (Fsp3) is 0.400. The van der Waals surface area contributed by atoms with E-state index in [9.17, 15) is 4.79 Å². The van der Waals surface area contributed by atoms with Gasteiger partial charge in [-0.15, -0.1) is 11.3 Å². The van der Waals surface area contributed by atoms with Crippen LogP contribution < -0.4 is 0 Å². The summed E-state index contributed by atoms with van der Waals surface area (Å²) in [5.74, 6) is -0.180. The molecule has 0 spiro atoms. The lowest BCUT2D eigenvalue weighted by Crippen LogP contribution is -2.26. The molecule has 112 valence electrons. The molecule has 0 bridgehead atoms. The summed E-state index contributed by atoms with van der Waals surface area (Å²) in [6.45, 7) is 4.35. The van der Waals surface area contributed by atoms with Gasteiger partial charge in [-0.3, -0.25) is 14.7 Å². The summed E-state index contributed by atoms with van der Waals surface area (Å²) in [4.78, 5) is 22.3. The minimum Gasteiger partial charge on any atom is -0.469 e. The van der Waals surface area contributed by atoms with Crippen molar-refractivity contribution >= 4 is 17.3 Å². The topological polar surface area (TPSA) is 55.3 Å². The number of hydrogen-bond donors (Lipinski definition) is 0. The number of rotatable bonds is 7. The lowest BCUT2D eigenvalue weighted by molar-refractivity contribution is -0.141. The zero-order chi connectivity index (χ0) is 15.1. The fourth-order valence-electron chi connectivity index (χ4n) is 1.92. The van der Waals surface area contributed by atoms with E-state index in [1.807, 2.05) is 23.6 Å². The number of aromatic nitrogens is 2. The molecule has 0 aliphatic carbocycles. The van der Waals surface area contributed by atoms with Gasteiger partial charge < -0.3 is 4.74 Å². The maximum absolute atomic E-state index is 11.2. The number of carbonyl (C=O) groups excluding carboxylic acids is 1. The van der Waals surface area contributed by atoms with Crippen LogP contribution in [-0.2, 0) is 16.1 Å². The molecule has 2 aromatic rings. The Kier molecular flexibility index (Phi) is 5.83. The van der Waals surface area contributed by atoms with E-state index in [-0.39, 0.29) is 5.97 Å². The van der Waals surface area contributed by atoms with Crippen LogP contribution >= 0.6 is 11.3 Å². The minimum atomic E-state index is -0.180. The van der Waals surface area contributed by atoms with E-state index in [4.69, 9.17) is 0 Å². The van der Waals surface area contributed by atoms with Crippen LogP contribution in [0.5, 0.6) is 0 Å². The molecule has 0 atom stereocenters. The quantitative estimate of drug-likeness (QED) is 0.736. The molecule has 0 N–H and O–H groups in total. The monoisotopic (exact) mass is 305 g/mol. The second-order valence-electron chi connectivity index (χ2n) is 4.55. The predicted octanol–water partition coefficient (Wildman–Crippen LogP) is 2.59. The van der Waals surface area contributed by atoms with Crippen LogP contribution in [0.25, 0.3) is 10.7 Å². The van der Waals surface area contributed by atoms with Gasteiger partial charge in [-0.05, 0) is 18.7 Å². The van der Waals surface area contributed by atoms with E-state index in [0.29, 0.717) is 13.0 Å². The third kappa shape index (κ3) is 4.61. The molecule has 2 aromatic heterocycles. The predicted molar refractivity (Wildman–Crippen MR) is 82.9 cm³/mol. The smallest absolute Gasteiger partial charge is 0.306 e. The van der Waals surface area contributed by atoms with E-state index in [0.717, 1.165) is 29.5 Å². The first kappa shape index (κ1) is 15.6. The third-order valence-corrected chi connectivity index (χ3v) is 4.04. The van der Waals surface area contributed by atoms with Crippen molar-refractivity contribution in [3.05, 3.63) is 35.5 Å². The molecule has 21 heavy (non-hydrogen) atoms. The van der Waals surface area contributed by atoms with Crippen LogP contribution in [0.15, 0.2) is 29.8 Å². The molecular formula is C15H19N3O2S. The van der Waals surface area contributed by atoms with Gasteiger partial charge in [0, 0.05) is 24.7 Å². The largest absolute Gasteiger partial charge is 0.469 e. The number of esters is 1. The van der Waals surface area contributed by atoms with Crippen LogP contribution in [0.4, 0.5) is 0 Å². The highest BCUT2D eigenvalue weighted by Crippen LogP contribution is 2.22. The summed E-state index contributed by atoms with van der Waals surface area (Å²) < 4.78 is 4.67. The van der Waals surface area contributed by atoms with Gasteiger partial charge >= 0.3 is 5.97 Å². The van der Waals surface area contributed by atoms with Crippen molar-refractivity contribution in [2.45, 2.75) is 19.9 Å². The summed E-state index contributed by atoms with van der Waals surface area (Å²) >= 11 is 1.59. The maximum atomic E-state index is 11.2. The van der Waals surface area contributed by atoms with Crippen molar-refractivity contribution in [2.75, 3.05) is 20.2 Å². The van der Waals surface area contributed by atoms with Crippen molar-refractivity contribution < 1.29 is 9.53 Å². The van der Waals surface area contributed by atoms with Gasteiger partial charge in [0.05, 0.1) is 24.9 Å². The molecule has 2 rings (SSSR count). The first-order valence-corrected chi connectivity index (χ1v) is 7.76. The molecule has 0 radical (unpaired) electrons. The van der Waals surface area contributed by atoms with Gasteiger partial charge in [-0.2, -0.15) is 0 Å². The molecule has 5 nitrogen and oxygen atoms in total. The number of methoxy groups -OCH3 is 1. The first-order chi connectivity index (χ1) is 10.2. The summed E-state index contributed by atoms with van der Waals surface area (Å²) in [5, 5.41) is 2.97. The van der Waals surface area contributed by atoms with Crippen LogP contribution in [0.1, 0.15) is 19.0 Å². The average Bonchev–Trinajstić information content (AvgIpc) is 3.00. The Hall–Kier alpha value is -1.79. The standard InChI is InChI=1S/C15H19N3O2S/c1-3-18(9-7-14(19)20-2)10-12-11-21-15(17-12)13-6-4-5-8-16-13/h4-6,8,11H,3,7,9-10H2,1-2H3. The van der Waals surface area contributed by atoms with Crippen molar-refractivity contribution in [3.63, 3.8) is 0 Å². The molecule has 0 saturated heterocycles. The lowest BCUT2D eigenvalue weighted by Gasteiger charge is -2.18. The van der Waals surface area contributed by atoms with Crippen LogP contribution in [0, 0.1) is 0 Å². The summed E-state index contributed by atoms with van der Waals surface area (Å²) in [6.07, 6.45) is 2.17. The second kappa shape index (κ2) is 7.85. The Morgan fingerprint density at radius 1 is 1.43 bits per heavy atom. The molecule has 0 aromatic carbocycles. The highest BCUT2D eigenvalue weighted by Gasteiger charge is 2.11. The van der Waals surface area contributed by atoms with Crippen LogP contribution in [-0.4, -0.2) is 41.0 Å². The minimum absolute atomic E-state index is 0.180. The number of pyridine rings is 1. The van der Waals surface area contributed by atoms with Gasteiger partial charge in [-0.25, -0.2) is 4.98 Å². The first-order valence-electron chi connectivity index (χ1n) is 6.88. The Morgan fingerprint density at radius 2 is 2.29 bits per heavy atom. The van der Waals surface area contributed by atoms with E-state index in [1.54, 1.807) is 17.5 Å². The Labute approximate surface area is 128 Å². The Morgan fingerprint density at radius 3 is 2.95 bits per heavy atom. The molecule has 0 saturated carbocycles. The third-order valence-electron chi connectivity index (χ3n) is 3.13. The number of thiazole rings is 1. The summed E-state index contributed by atoms with van der Waals surface area (Å²) in [6, 6.07) is 5.80. The average molecular weight is 305 g/mol. The molecule has 0 amide bonds. The SMILES string of the molecule is CCN(CCC(=O)OC)Cc1csc(-c2ccccn2)n1. The van der Waals surface area contributed by atoms with Gasteiger partial charge in [0.1, 0.15) is 5.01 Å². The van der Waals surface area contributed by atoms with Crippen LogP contribution in [0.2, 0.25) is 0 Å². The molecule has 6 heteroatoms. The van der Waals surface area contributed by atoms with Crippen molar-refractivity contribution in [3.8, 4) is 10.7 Å². The molecule has 2 heterocycles. The van der Waals surface area contributed by atoms with Gasteiger partial charge in [-0.1, -0.05) is 13.0 Å². The summed E-state index contributed by atoms with van der Waals surface area (Å²) in [5.41, 5.74) is 1.90. The van der Waals surface area contributed by atoms with Crippen molar-refractivity contribution in [1.29, 1.82) is 0 Å². The highest BCUT2D eigenvalue weighted by molar-refractivity contribution is 7.13. The number of carbonyl (C=O) groups is 1. The normalized spacial score (nSPS) is 10.8. The van der Waals surface area contributed by atoms with E-state index >= 15 is 0 Å². The molecule has 0 aliphatic heterocycles. The second-order valence-corrected chi connectivity index (χ2v) is 5.41. The van der Waals surface area contributed by atoms with Crippen molar-refractivity contribution in [1.82, 2.24) is 14.9 Å². The van der Waals surface area contributed by atoms with Gasteiger partial charge in [0.15, 0.2) is 0 Å².